The lowest BCUT2D eigenvalue weighted by Crippen LogP contribution is -2.28. The lowest BCUT2D eigenvalue weighted by molar-refractivity contribution is -0.136. The van der Waals surface area contributed by atoms with Crippen LogP contribution in [-0.2, 0) is 22.6 Å². The maximum absolute atomic E-state index is 13.0. The van der Waals surface area contributed by atoms with Crippen molar-refractivity contribution in [1.82, 2.24) is 4.90 Å². The molecule has 0 atom stereocenters. The summed E-state index contributed by atoms with van der Waals surface area (Å²) in [6.07, 6.45) is 1.83. The van der Waals surface area contributed by atoms with Gasteiger partial charge in [0.15, 0.2) is 5.17 Å². The summed E-state index contributed by atoms with van der Waals surface area (Å²) >= 11 is 1.33. The first kappa shape index (κ1) is 26.2. The first-order chi connectivity index (χ1) is 17.8. The Labute approximate surface area is 221 Å². The molecular weight excluding hydrogens is 484 g/mol. The average molecular weight is 515 g/mol. The van der Waals surface area contributed by atoms with Crippen LogP contribution in [-0.4, -0.2) is 33.6 Å². The van der Waals surface area contributed by atoms with Crippen LogP contribution >= 0.6 is 11.8 Å². The Bertz CT molecular complexity index is 1310. The van der Waals surface area contributed by atoms with E-state index in [4.69, 9.17) is 9.84 Å². The van der Waals surface area contributed by atoms with Gasteiger partial charge in [-0.25, -0.2) is 4.99 Å². The lowest BCUT2D eigenvalue weighted by atomic mass is 10.0. The average Bonchev–Trinajstić information content (AvgIpc) is 3.18. The first-order valence-corrected chi connectivity index (χ1v) is 13.1. The van der Waals surface area contributed by atoms with Crippen LogP contribution in [0.4, 0.5) is 5.69 Å². The first-order valence-electron chi connectivity index (χ1n) is 12.2. The van der Waals surface area contributed by atoms with Crippen LogP contribution in [0, 0.1) is 0 Å². The van der Waals surface area contributed by atoms with Gasteiger partial charge in [-0.05, 0) is 77.2 Å². The lowest BCUT2D eigenvalue weighted by Gasteiger charge is -2.12. The smallest absolute Gasteiger partial charge is 0.307 e. The summed E-state index contributed by atoms with van der Waals surface area (Å²) in [5.74, 6) is 0.312. The summed E-state index contributed by atoms with van der Waals surface area (Å²) in [6, 6.07) is 23.2. The fourth-order valence-corrected chi connectivity index (χ4v) is 4.88. The fourth-order valence-electron chi connectivity index (χ4n) is 3.82. The third kappa shape index (κ3) is 6.89. The summed E-state index contributed by atoms with van der Waals surface area (Å²) < 4.78 is 5.93. The van der Waals surface area contributed by atoms with Crippen LogP contribution in [0.1, 0.15) is 48.9 Å². The van der Waals surface area contributed by atoms with Gasteiger partial charge in [-0.2, -0.15) is 0 Å². The highest BCUT2D eigenvalue weighted by Gasteiger charge is 2.32. The van der Waals surface area contributed by atoms with Crippen molar-refractivity contribution in [1.29, 1.82) is 0 Å². The molecule has 1 heterocycles. The van der Waals surface area contributed by atoms with Gasteiger partial charge < -0.3 is 9.84 Å². The number of likely N-dealkylation sites (N-methyl/N-ethyl adjacent to an activating group) is 1. The summed E-state index contributed by atoms with van der Waals surface area (Å²) in [5, 5.41) is 9.54. The molecule has 1 aliphatic rings. The molecule has 1 aliphatic heterocycles. The van der Waals surface area contributed by atoms with Gasteiger partial charge in [-0.3, -0.25) is 14.5 Å². The van der Waals surface area contributed by atoms with E-state index in [0.717, 1.165) is 16.9 Å². The van der Waals surface area contributed by atoms with Gasteiger partial charge in [0.05, 0.1) is 17.0 Å². The number of aliphatic carboxylic acids is 1. The number of rotatable bonds is 9. The number of carboxylic acid groups (broad SMARTS) is 1. The Kier molecular flexibility index (Phi) is 8.46. The van der Waals surface area contributed by atoms with E-state index < -0.39 is 5.97 Å². The number of benzene rings is 3. The molecule has 7 heteroatoms. The highest BCUT2D eigenvalue weighted by Crippen LogP contribution is 2.34. The minimum absolute atomic E-state index is 0.0344. The number of aliphatic imine (C=N–C) groups is 1. The predicted octanol–water partition coefficient (Wildman–Crippen LogP) is 6.64. The molecule has 0 radical (unpaired) electrons. The summed E-state index contributed by atoms with van der Waals surface area (Å²) in [5.41, 5.74) is 4.70. The molecule has 1 fully saturated rings. The number of hydrogen-bond acceptors (Lipinski definition) is 5. The second kappa shape index (κ2) is 11.9. The van der Waals surface area contributed by atoms with Crippen molar-refractivity contribution in [3.63, 3.8) is 0 Å². The third-order valence-electron chi connectivity index (χ3n) is 5.95. The minimum atomic E-state index is -0.876. The quantitative estimate of drug-likeness (QED) is 0.324. The second-order valence-electron chi connectivity index (χ2n) is 9.05. The van der Waals surface area contributed by atoms with Gasteiger partial charge in [-0.15, -0.1) is 0 Å². The molecule has 0 bridgehead atoms. The van der Waals surface area contributed by atoms with Crippen molar-refractivity contribution >= 4 is 40.6 Å². The van der Waals surface area contributed by atoms with Crippen LogP contribution in [0.5, 0.6) is 5.75 Å². The zero-order chi connectivity index (χ0) is 26.4. The number of amides is 1. The van der Waals surface area contributed by atoms with Crippen molar-refractivity contribution in [2.75, 3.05) is 6.54 Å². The monoisotopic (exact) mass is 514 g/mol. The number of amidine groups is 1. The maximum Gasteiger partial charge on any atom is 0.307 e. The Morgan fingerprint density at radius 1 is 1.00 bits per heavy atom. The highest BCUT2D eigenvalue weighted by molar-refractivity contribution is 8.18. The number of ether oxygens (including phenoxy) is 1. The molecule has 1 saturated heterocycles. The van der Waals surface area contributed by atoms with E-state index in [1.165, 1.54) is 17.3 Å². The standard InChI is InChI=1S/C30H30N2O4S/c1-4-32-29(35)27(37-30(32)31-25-13-7-22(8-14-25)18-28(33)34)17-21-9-15-26(16-10-21)36-19-23-5-11-24(12-6-23)20(2)3/h5-17,20H,4,18-19H2,1-3H3,(H,33,34). The van der Waals surface area contributed by atoms with Crippen LogP contribution in [0.2, 0.25) is 0 Å². The summed E-state index contributed by atoms with van der Waals surface area (Å²) in [6.45, 7) is 7.27. The van der Waals surface area contributed by atoms with Crippen LogP contribution in [0.25, 0.3) is 6.08 Å². The van der Waals surface area contributed by atoms with Crippen molar-refractivity contribution < 1.29 is 19.4 Å². The summed E-state index contributed by atoms with van der Waals surface area (Å²) in [4.78, 5) is 30.7. The largest absolute Gasteiger partial charge is 0.489 e. The third-order valence-corrected chi connectivity index (χ3v) is 6.96. The van der Waals surface area contributed by atoms with Crippen LogP contribution in [0.15, 0.2) is 82.7 Å². The van der Waals surface area contributed by atoms with Crippen molar-refractivity contribution in [3.05, 3.63) is 100.0 Å². The summed E-state index contributed by atoms with van der Waals surface area (Å²) in [7, 11) is 0. The maximum atomic E-state index is 13.0. The van der Waals surface area contributed by atoms with E-state index in [1.807, 2.05) is 37.3 Å². The predicted molar refractivity (Wildman–Crippen MR) is 149 cm³/mol. The van der Waals surface area contributed by atoms with Gasteiger partial charge in [0.25, 0.3) is 5.91 Å². The van der Waals surface area contributed by atoms with Gasteiger partial charge in [0, 0.05) is 6.54 Å². The van der Waals surface area contributed by atoms with Crippen LogP contribution < -0.4 is 4.74 Å². The van der Waals surface area contributed by atoms with E-state index in [-0.39, 0.29) is 12.3 Å². The molecular formula is C30H30N2O4S. The Morgan fingerprint density at radius 3 is 2.24 bits per heavy atom. The molecule has 3 aromatic rings. The van der Waals surface area contributed by atoms with Gasteiger partial charge in [-0.1, -0.05) is 62.4 Å². The molecule has 37 heavy (non-hydrogen) atoms. The zero-order valence-electron chi connectivity index (χ0n) is 21.2. The van der Waals surface area contributed by atoms with Crippen molar-refractivity contribution in [2.24, 2.45) is 4.99 Å². The SMILES string of the molecule is CCN1C(=O)C(=Cc2ccc(OCc3ccc(C(C)C)cc3)cc2)SC1=Nc1ccc(CC(=O)O)cc1. The number of carbonyl (C=O) groups excluding carboxylic acids is 1. The van der Waals surface area contributed by atoms with Crippen molar-refractivity contribution in [2.45, 2.75) is 39.7 Å². The molecule has 1 amide bonds. The number of thioether (sulfide) groups is 1. The van der Waals surface area contributed by atoms with E-state index in [1.54, 1.807) is 29.2 Å². The number of hydrogen-bond donors (Lipinski definition) is 1. The van der Waals surface area contributed by atoms with Crippen molar-refractivity contribution in [3.8, 4) is 5.75 Å². The van der Waals surface area contributed by atoms with Gasteiger partial charge in [0.2, 0.25) is 0 Å². The highest BCUT2D eigenvalue weighted by atomic mass is 32.2. The topological polar surface area (TPSA) is 79.2 Å². The second-order valence-corrected chi connectivity index (χ2v) is 10.1. The van der Waals surface area contributed by atoms with E-state index >= 15 is 0 Å². The molecule has 3 aromatic carbocycles. The molecule has 4 rings (SSSR count). The van der Waals surface area contributed by atoms with Crippen LogP contribution in [0.3, 0.4) is 0 Å². The minimum Gasteiger partial charge on any atom is -0.489 e. The fraction of sp³-hybridized carbons (Fsp3) is 0.233. The molecule has 1 N–H and O–H groups in total. The molecule has 0 aromatic heterocycles. The number of carboxylic acids is 1. The molecule has 6 nitrogen and oxygen atoms in total. The van der Waals surface area contributed by atoms with E-state index in [2.05, 4.69) is 43.1 Å². The number of nitrogens with zero attached hydrogens (tertiary/aromatic N) is 2. The Balaban J connectivity index is 1.42. The molecule has 0 saturated carbocycles. The Morgan fingerprint density at radius 2 is 1.65 bits per heavy atom. The molecule has 0 unspecified atom stereocenters. The molecule has 0 aliphatic carbocycles. The molecule has 0 spiro atoms. The Hall–Kier alpha value is -3.84. The van der Waals surface area contributed by atoms with Gasteiger partial charge >= 0.3 is 5.97 Å². The zero-order valence-corrected chi connectivity index (χ0v) is 22.0. The normalized spacial score (nSPS) is 15.7. The van der Waals surface area contributed by atoms with E-state index in [0.29, 0.717) is 40.4 Å². The van der Waals surface area contributed by atoms with E-state index in [9.17, 15) is 9.59 Å². The molecule has 190 valence electrons. The van der Waals surface area contributed by atoms with Gasteiger partial charge in [0.1, 0.15) is 12.4 Å². The number of carbonyl (C=O) groups is 2.